The third-order valence-electron chi connectivity index (χ3n) is 3.15. The number of amides is 1. The molecule has 1 aliphatic heterocycles. The molecule has 1 aromatic carbocycles. The summed E-state index contributed by atoms with van der Waals surface area (Å²) in [6.45, 7) is 1.49. The summed E-state index contributed by atoms with van der Waals surface area (Å²) in [4.78, 5) is 11.5. The van der Waals surface area contributed by atoms with Crippen LogP contribution in [0, 0.1) is 11.7 Å². The van der Waals surface area contributed by atoms with Gasteiger partial charge in [-0.15, -0.1) is 0 Å². The molecule has 1 amide bonds. The van der Waals surface area contributed by atoms with Crippen LogP contribution in [0.3, 0.4) is 0 Å². The molecule has 0 aliphatic carbocycles. The van der Waals surface area contributed by atoms with Crippen LogP contribution in [0.15, 0.2) is 17.0 Å². The molecule has 116 valence electrons. The molecule has 0 aromatic heterocycles. The van der Waals surface area contributed by atoms with E-state index in [0.717, 1.165) is 18.6 Å². The van der Waals surface area contributed by atoms with Gasteiger partial charge in [-0.3, -0.25) is 4.79 Å². The largest absolute Gasteiger partial charge is 0.381 e. The number of nitrogens with one attached hydrogen (secondary N) is 1. The average Bonchev–Trinajstić information content (AvgIpc) is 2.87. The van der Waals surface area contributed by atoms with Gasteiger partial charge in [0.2, 0.25) is 10.0 Å². The standard InChI is InChI=1S/C12H14ClFN2O4S/c13-9-4-10(14)8(3-11(9)21(15,18)19)12(17)16-5-7-1-2-20-6-7/h3-4,7H,1-2,5-6H2,(H,16,17)(H2,15,18,19). The average molecular weight is 337 g/mol. The number of ether oxygens (including phenoxy) is 1. The number of rotatable bonds is 4. The number of primary sulfonamides is 1. The summed E-state index contributed by atoms with van der Waals surface area (Å²) in [5.74, 6) is -1.46. The zero-order valence-corrected chi connectivity index (χ0v) is 12.5. The maximum atomic E-state index is 13.8. The van der Waals surface area contributed by atoms with Crippen LogP contribution in [0.25, 0.3) is 0 Å². The molecule has 9 heteroatoms. The molecule has 0 spiro atoms. The first kappa shape index (κ1) is 16.2. The van der Waals surface area contributed by atoms with Crippen molar-refractivity contribution in [3.63, 3.8) is 0 Å². The minimum atomic E-state index is -4.14. The predicted octanol–water partition coefficient (Wildman–Crippen LogP) is 0.893. The van der Waals surface area contributed by atoms with Crippen molar-refractivity contribution in [3.05, 3.63) is 28.5 Å². The molecular formula is C12H14ClFN2O4S. The highest BCUT2D eigenvalue weighted by atomic mass is 35.5. The van der Waals surface area contributed by atoms with Crippen LogP contribution in [0.1, 0.15) is 16.8 Å². The molecule has 6 nitrogen and oxygen atoms in total. The van der Waals surface area contributed by atoms with Crippen molar-refractivity contribution in [2.75, 3.05) is 19.8 Å². The second-order valence-electron chi connectivity index (χ2n) is 4.75. The zero-order chi connectivity index (χ0) is 15.6. The van der Waals surface area contributed by atoms with E-state index in [2.05, 4.69) is 5.32 Å². The molecule has 1 heterocycles. The number of hydrogen-bond acceptors (Lipinski definition) is 4. The maximum absolute atomic E-state index is 13.8. The van der Waals surface area contributed by atoms with Gasteiger partial charge in [0.15, 0.2) is 0 Å². The molecule has 1 aliphatic rings. The quantitative estimate of drug-likeness (QED) is 0.853. The maximum Gasteiger partial charge on any atom is 0.254 e. The van der Waals surface area contributed by atoms with Crippen molar-refractivity contribution < 1.29 is 22.3 Å². The minimum Gasteiger partial charge on any atom is -0.381 e. The molecule has 1 aromatic rings. The fourth-order valence-electron chi connectivity index (χ4n) is 2.00. The predicted molar refractivity (Wildman–Crippen MR) is 74.0 cm³/mol. The van der Waals surface area contributed by atoms with Gasteiger partial charge in [-0.2, -0.15) is 0 Å². The van der Waals surface area contributed by atoms with E-state index in [1.807, 2.05) is 0 Å². The minimum absolute atomic E-state index is 0.169. The van der Waals surface area contributed by atoms with Crippen LogP contribution in [-0.4, -0.2) is 34.1 Å². The van der Waals surface area contributed by atoms with Gasteiger partial charge in [0.25, 0.3) is 5.91 Å². The second-order valence-corrected chi connectivity index (χ2v) is 6.68. The van der Waals surface area contributed by atoms with Crippen molar-refractivity contribution in [3.8, 4) is 0 Å². The van der Waals surface area contributed by atoms with E-state index in [1.165, 1.54) is 0 Å². The molecule has 1 saturated heterocycles. The fraction of sp³-hybridized carbons (Fsp3) is 0.417. The van der Waals surface area contributed by atoms with E-state index >= 15 is 0 Å². The molecule has 1 atom stereocenters. The van der Waals surface area contributed by atoms with Crippen LogP contribution in [0.2, 0.25) is 5.02 Å². The Morgan fingerprint density at radius 3 is 2.81 bits per heavy atom. The van der Waals surface area contributed by atoms with E-state index in [-0.39, 0.29) is 10.9 Å². The molecule has 1 fully saturated rings. The summed E-state index contributed by atoms with van der Waals surface area (Å²) < 4.78 is 41.6. The monoisotopic (exact) mass is 336 g/mol. The van der Waals surface area contributed by atoms with Crippen molar-refractivity contribution >= 4 is 27.5 Å². The number of halogens is 2. The molecule has 1 unspecified atom stereocenters. The lowest BCUT2D eigenvalue weighted by Gasteiger charge is -2.11. The van der Waals surface area contributed by atoms with Crippen LogP contribution in [0.5, 0.6) is 0 Å². The Morgan fingerprint density at radius 2 is 2.24 bits per heavy atom. The Kier molecular flexibility index (Phi) is 4.82. The van der Waals surface area contributed by atoms with E-state index in [9.17, 15) is 17.6 Å². The van der Waals surface area contributed by atoms with E-state index < -0.39 is 32.2 Å². The molecule has 21 heavy (non-hydrogen) atoms. The normalized spacial score (nSPS) is 18.7. The SMILES string of the molecule is NS(=O)(=O)c1cc(C(=O)NCC2CCOC2)c(F)cc1Cl. The summed E-state index contributed by atoms with van der Waals surface area (Å²) in [5.41, 5.74) is -0.414. The van der Waals surface area contributed by atoms with Crippen LogP contribution < -0.4 is 10.5 Å². The van der Waals surface area contributed by atoms with Gasteiger partial charge in [-0.25, -0.2) is 17.9 Å². The van der Waals surface area contributed by atoms with Gasteiger partial charge in [0.05, 0.1) is 17.2 Å². The molecule has 2 rings (SSSR count). The number of benzene rings is 1. The lowest BCUT2D eigenvalue weighted by atomic mass is 10.1. The highest BCUT2D eigenvalue weighted by molar-refractivity contribution is 7.89. The van der Waals surface area contributed by atoms with Crippen LogP contribution in [0.4, 0.5) is 4.39 Å². The Labute approximate surface area is 126 Å². The van der Waals surface area contributed by atoms with Gasteiger partial charge < -0.3 is 10.1 Å². The lowest BCUT2D eigenvalue weighted by Crippen LogP contribution is -2.30. The van der Waals surface area contributed by atoms with Gasteiger partial charge in [0, 0.05) is 19.1 Å². The van der Waals surface area contributed by atoms with Crippen LogP contribution in [-0.2, 0) is 14.8 Å². The van der Waals surface area contributed by atoms with E-state index in [1.54, 1.807) is 0 Å². The highest BCUT2D eigenvalue weighted by Gasteiger charge is 2.22. The Morgan fingerprint density at radius 1 is 1.52 bits per heavy atom. The third-order valence-corrected chi connectivity index (χ3v) is 4.52. The van der Waals surface area contributed by atoms with Crippen LogP contribution >= 0.6 is 11.6 Å². The topological polar surface area (TPSA) is 98.5 Å². The Bertz CT molecular complexity index is 659. The second kappa shape index (κ2) is 6.27. The van der Waals surface area contributed by atoms with Crippen molar-refractivity contribution in [2.45, 2.75) is 11.3 Å². The van der Waals surface area contributed by atoms with Crippen molar-refractivity contribution in [1.29, 1.82) is 0 Å². The summed E-state index contributed by atoms with van der Waals surface area (Å²) in [5, 5.41) is 7.14. The lowest BCUT2D eigenvalue weighted by molar-refractivity contribution is 0.0940. The Balaban J connectivity index is 2.20. The molecule has 0 saturated carbocycles. The van der Waals surface area contributed by atoms with Gasteiger partial charge >= 0.3 is 0 Å². The summed E-state index contributed by atoms with van der Waals surface area (Å²) in [6, 6.07) is 1.60. The number of sulfonamides is 1. The number of nitrogens with two attached hydrogens (primary N) is 1. The number of carbonyl (C=O) groups is 1. The summed E-state index contributed by atoms with van der Waals surface area (Å²) in [7, 11) is -4.14. The Hall–Kier alpha value is -1.22. The smallest absolute Gasteiger partial charge is 0.254 e. The molecule has 0 bridgehead atoms. The molecular weight excluding hydrogens is 323 g/mol. The first-order chi connectivity index (χ1) is 9.79. The van der Waals surface area contributed by atoms with E-state index in [0.29, 0.717) is 19.8 Å². The van der Waals surface area contributed by atoms with Gasteiger partial charge in [-0.1, -0.05) is 11.6 Å². The number of carbonyl (C=O) groups excluding carboxylic acids is 1. The fourth-order valence-corrected chi connectivity index (χ4v) is 3.08. The summed E-state index contributed by atoms with van der Waals surface area (Å²) in [6.07, 6.45) is 0.811. The van der Waals surface area contributed by atoms with Crippen molar-refractivity contribution in [2.24, 2.45) is 11.1 Å². The molecule has 3 N–H and O–H groups in total. The first-order valence-corrected chi connectivity index (χ1v) is 8.09. The third kappa shape index (κ3) is 3.91. The summed E-state index contributed by atoms with van der Waals surface area (Å²) >= 11 is 5.62. The van der Waals surface area contributed by atoms with Gasteiger partial charge in [-0.05, 0) is 18.6 Å². The van der Waals surface area contributed by atoms with Crippen molar-refractivity contribution in [1.82, 2.24) is 5.32 Å². The number of hydrogen-bond donors (Lipinski definition) is 2. The van der Waals surface area contributed by atoms with E-state index in [4.69, 9.17) is 21.5 Å². The zero-order valence-electron chi connectivity index (χ0n) is 10.9. The van der Waals surface area contributed by atoms with Gasteiger partial charge in [0.1, 0.15) is 10.7 Å². The molecule has 0 radical (unpaired) electrons. The highest BCUT2D eigenvalue weighted by Crippen LogP contribution is 2.24. The first-order valence-electron chi connectivity index (χ1n) is 6.17.